The van der Waals surface area contributed by atoms with Crippen LogP contribution in [0.1, 0.15) is 27.9 Å². The van der Waals surface area contributed by atoms with Crippen molar-refractivity contribution in [1.82, 2.24) is 9.97 Å². The lowest BCUT2D eigenvalue weighted by atomic mass is 10.1. The van der Waals surface area contributed by atoms with Gasteiger partial charge < -0.3 is 0 Å². The van der Waals surface area contributed by atoms with Crippen LogP contribution in [0.15, 0.2) is 60.0 Å². The van der Waals surface area contributed by atoms with E-state index in [1.807, 2.05) is 42.6 Å². The summed E-state index contributed by atoms with van der Waals surface area (Å²) >= 11 is 2.83. The summed E-state index contributed by atoms with van der Waals surface area (Å²) in [4.78, 5) is 22.5. The molecule has 0 aliphatic rings. The Morgan fingerprint density at radius 2 is 1.75 bits per heavy atom. The van der Waals surface area contributed by atoms with Gasteiger partial charge in [0.25, 0.3) is 5.91 Å². The van der Waals surface area contributed by atoms with Gasteiger partial charge in [0.1, 0.15) is 9.88 Å². The average molecular weight is 406 g/mol. The highest BCUT2D eigenvalue weighted by Gasteiger charge is 2.17. The van der Waals surface area contributed by atoms with Gasteiger partial charge in [0.05, 0.1) is 11.4 Å². The summed E-state index contributed by atoms with van der Waals surface area (Å²) in [5.74, 6) is -0.167. The number of carbonyl (C=O) groups excluding carboxylic acids is 1. The number of aryl methyl sites for hydroxylation is 2. The molecule has 0 fully saturated rings. The fourth-order valence-corrected chi connectivity index (χ4v) is 4.52. The summed E-state index contributed by atoms with van der Waals surface area (Å²) in [5.41, 5.74) is 4.96. The first-order valence-corrected chi connectivity index (χ1v) is 10.7. The summed E-state index contributed by atoms with van der Waals surface area (Å²) in [6.45, 7) is 4.00. The number of aromatic nitrogens is 2. The Hall–Kier alpha value is -2.83. The molecule has 2 aromatic carbocycles. The third-order valence-electron chi connectivity index (χ3n) is 4.41. The molecule has 0 saturated carbocycles. The highest BCUT2D eigenvalue weighted by Crippen LogP contribution is 2.30. The van der Waals surface area contributed by atoms with Crippen molar-refractivity contribution in [2.45, 2.75) is 20.3 Å². The quantitative estimate of drug-likeness (QED) is 0.439. The van der Waals surface area contributed by atoms with Gasteiger partial charge in [-0.1, -0.05) is 61.5 Å². The lowest BCUT2D eigenvalue weighted by Crippen LogP contribution is -2.11. The summed E-state index contributed by atoms with van der Waals surface area (Å²) in [7, 11) is 0. The fraction of sp³-hybridized carbons (Fsp3) is 0.136. The van der Waals surface area contributed by atoms with E-state index in [2.05, 4.69) is 46.5 Å². The van der Waals surface area contributed by atoms with Crippen molar-refractivity contribution in [2.24, 2.45) is 0 Å². The first kappa shape index (κ1) is 18.5. The van der Waals surface area contributed by atoms with E-state index in [9.17, 15) is 4.79 Å². The molecule has 0 atom stereocenters. The molecule has 0 bridgehead atoms. The van der Waals surface area contributed by atoms with Crippen molar-refractivity contribution in [2.75, 3.05) is 5.32 Å². The fourth-order valence-electron chi connectivity index (χ4n) is 2.84. The molecular formula is C22H19N3OS2. The SMILES string of the molecule is CCc1ccc(-c2csc(NC(=O)c3sc(-c4ccccc4)nc3C)n2)cc1. The second kappa shape index (κ2) is 8.04. The summed E-state index contributed by atoms with van der Waals surface area (Å²) < 4.78 is 0. The predicted octanol–water partition coefficient (Wildman–Crippen LogP) is 6.06. The second-order valence-electron chi connectivity index (χ2n) is 6.34. The van der Waals surface area contributed by atoms with E-state index in [4.69, 9.17) is 0 Å². The standard InChI is InChI=1S/C22H19N3OS2/c1-3-15-9-11-16(12-10-15)18-13-27-22(24-18)25-20(26)19-14(2)23-21(28-19)17-7-5-4-6-8-17/h4-13H,3H2,1-2H3,(H,24,25,26). The Morgan fingerprint density at radius 1 is 1.00 bits per heavy atom. The molecule has 4 nitrogen and oxygen atoms in total. The number of carbonyl (C=O) groups is 1. The van der Waals surface area contributed by atoms with Gasteiger partial charge in [0.2, 0.25) is 0 Å². The number of amides is 1. The number of hydrogen-bond acceptors (Lipinski definition) is 5. The minimum Gasteiger partial charge on any atom is -0.297 e. The topological polar surface area (TPSA) is 54.9 Å². The molecule has 4 aromatic rings. The summed E-state index contributed by atoms with van der Waals surface area (Å²) in [6, 6.07) is 18.3. The number of thiazole rings is 2. The normalized spacial score (nSPS) is 10.8. The van der Waals surface area contributed by atoms with Crippen LogP contribution in [-0.4, -0.2) is 15.9 Å². The molecule has 1 N–H and O–H groups in total. The van der Waals surface area contributed by atoms with E-state index < -0.39 is 0 Å². The van der Waals surface area contributed by atoms with Gasteiger partial charge in [0, 0.05) is 16.5 Å². The average Bonchev–Trinajstić information content (AvgIpc) is 3.35. The smallest absolute Gasteiger partial charge is 0.269 e. The molecule has 28 heavy (non-hydrogen) atoms. The maximum atomic E-state index is 12.7. The van der Waals surface area contributed by atoms with E-state index >= 15 is 0 Å². The lowest BCUT2D eigenvalue weighted by molar-refractivity contribution is 0.103. The zero-order valence-corrected chi connectivity index (χ0v) is 17.2. The molecule has 1 amide bonds. The second-order valence-corrected chi connectivity index (χ2v) is 8.20. The molecule has 0 saturated heterocycles. The Morgan fingerprint density at radius 3 is 2.46 bits per heavy atom. The van der Waals surface area contributed by atoms with Gasteiger partial charge in [-0.25, -0.2) is 9.97 Å². The molecule has 0 aliphatic heterocycles. The first-order valence-electron chi connectivity index (χ1n) is 9.03. The van der Waals surface area contributed by atoms with Crippen molar-refractivity contribution in [3.63, 3.8) is 0 Å². The van der Waals surface area contributed by atoms with Crippen molar-refractivity contribution in [3.8, 4) is 21.8 Å². The summed E-state index contributed by atoms with van der Waals surface area (Å²) in [6.07, 6.45) is 1.01. The van der Waals surface area contributed by atoms with Crippen LogP contribution in [0, 0.1) is 6.92 Å². The van der Waals surface area contributed by atoms with E-state index in [1.54, 1.807) is 0 Å². The van der Waals surface area contributed by atoms with Crippen LogP contribution < -0.4 is 5.32 Å². The zero-order valence-electron chi connectivity index (χ0n) is 15.6. The third kappa shape index (κ3) is 3.88. The zero-order chi connectivity index (χ0) is 19.5. The largest absolute Gasteiger partial charge is 0.297 e. The molecule has 0 spiro atoms. The number of nitrogens with one attached hydrogen (secondary N) is 1. The van der Waals surface area contributed by atoms with Crippen LogP contribution in [0.25, 0.3) is 21.8 Å². The molecule has 2 heterocycles. The van der Waals surface area contributed by atoms with Crippen LogP contribution >= 0.6 is 22.7 Å². The Kier molecular flexibility index (Phi) is 5.32. The highest BCUT2D eigenvalue weighted by molar-refractivity contribution is 7.17. The molecular weight excluding hydrogens is 386 g/mol. The van der Waals surface area contributed by atoms with E-state index in [0.717, 1.165) is 33.9 Å². The van der Waals surface area contributed by atoms with Crippen molar-refractivity contribution < 1.29 is 4.79 Å². The number of rotatable bonds is 5. The number of hydrogen-bond donors (Lipinski definition) is 1. The molecule has 0 unspecified atom stereocenters. The van der Waals surface area contributed by atoms with Gasteiger partial charge in [-0.3, -0.25) is 10.1 Å². The predicted molar refractivity (Wildman–Crippen MR) is 117 cm³/mol. The Balaban J connectivity index is 1.51. The maximum absolute atomic E-state index is 12.7. The minimum absolute atomic E-state index is 0.167. The van der Waals surface area contributed by atoms with Gasteiger partial charge in [-0.15, -0.1) is 22.7 Å². The van der Waals surface area contributed by atoms with Crippen LogP contribution in [0.4, 0.5) is 5.13 Å². The van der Waals surface area contributed by atoms with Gasteiger partial charge in [-0.2, -0.15) is 0 Å². The number of nitrogens with zero attached hydrogens (tertiary/aromatic N) is 2. The van der Waals surface area contributed by atoms with Crippen LogP contribution in [-0.2, 0) is 6.42 Å². The monoisotopic (exact) mass is 405 g/mol. The molecule has 2 aromatic heterocycles. The van der Waals surface area contributed by atoms with Gasteiger partial charge in [0.15, 0.2) is 5.13 Å². The van der Waals surface area contributed by atoms with Gasteiger partial charge in [-0.05, 0) is 18.9 Å². The molecule has 4 rings (SSSR count). The molecule has 0 radical (unpaired) electrons. The van der Waals surface area contributed by atoms with E-state index in [-0.39, 0.29) is 5.91 Å². The Labute approximate surface area is 171 Å². The van der Waals surface area contributed by atoms with Gasteiger partial charge >= 0.3 is 0 Å². The van der Waals surface area contributed by atoms with Crippen LogP contribution in [0.2, 0.25) is 0 Å². The molecule has 0 aliphatic carbocycles. The number of anilines is 1. The Bertz CT molecular complexity index is 1100. The van der Waals surface area contributed by atoms with E-state index in [0.29, 0.717) is 10.0 Å². The van der Waals surface area contributed by atoms with Crippen molar-refractivity contribution in [1.29, 1.82) is 0 Å². The minimum atomic E-state index is -0.167. The summed E-state index contributed by atoms with van der Waals surface area (Å²) in [5, 5.41) is 6.32. The van der Waals surface area contributed by atoms with Crippen molar-refractivity contribution >= 4 is 33.7 Å². The van der Waals surface area contributed by atoms with E-state index in [1.165, 1.54) is 28.2 Å². The third-order valence-corrected chi connectivity index (χ3v) is 6.37. The number of benzene rings is 2. The molecule has 6 heteroatoms. The molecule has 140 valence electrons. The van der Waals surface area contributed by atoms with Crippen LogP contribution in [0.5, 0.6) is 0 Å². The maximum Gasteiger partial charge on any atom is 0.269 e. The van der Waals surface area contributed by atoms with Crippen LogP contribution in [0.3, 0.4) is 0 Å². The lowest BCUT2D eigenvalue weighted by Gasteiger charge is -2.00. The highest BCUT2D eigenvalue weighted by atomic mass is 32.1. The van der Waals surface area contributed by atoms with Crippen molar-refractivity contribution in [3.05, 3.63) is 76.1 Å². The first-order chi connectivity index (χ1) is 13.6.